The monoisotopic (exact) mass is 245 g/mol. The van der Waals surface area contributed by atoms with Crippen molar-refractivity contribution in [1.82, 2.24) is 0 Å². The highest BCUT2D eigenvalue weighted by atomic mass is 19.1. The van der Waals surface area contributed by atoms with Crippen LogP contribution in [0, 0.1) is 5.82 Å². The second-order valence-corrected chi connectivity index (χ2v) is 3.77. The van der Waals surface area contributed by atoms with Crippen LogP contribution < -0.4 is 16.8 Å². The van der Waals surface area contributed by atoms with Gasteiger partial charge in [0.1, 0.15) is 5.82 Å². The fourth-order valence-corrected chi connectivity index (χ4v) is 1.57. The Morgan fingerprint density at radius 3 is 2.56 bits per heavy atom. The number of primary amides is 1. The van der Waals surface area contributed by atoms with E-state index in [1.807, 2.05) is 0 Å². The van der Waals surface area contributed by atoms with Gasteiger partial charge in [0.05, 0.1) is 11.3 Å². The van der Waals surface area contributed by atoms with Crippen LogP contribution in [0.4, 0.5) is 21.5 Å². The number of benzene rings is 2. The lowest BCUT2D eigenvalue weighted by atomic mass is 10.1. The van der Waals surface area contributed by atoms with Crippen LogP contribution in [-0.2, 0) is 0 Å². The standard InChI is InChI=1S/C13H12FN3O/c14-10-3-1-2-4-12(10)17-8-5-6-11(15)9(7-8)13(16)18/h1-7,17H,15H2,(H2,16,18). The van der Waals surface area contributed by atoms with Crippen molar-refractivity contribution < 1.29 is 9.18 Å². The largest absolute Gasteiger partial charge is 0.398 e. The Kier molecular flexibility index (Phi) is 3.14. The van der Waals surface area contributed by atoms with Gasteiger partial charge in [-0.3, -0.25) is 4.79 Å². The molecule has 0 aromatic heterocycles. The normalized spacial score (nSPS) is 10.1. The molecule has 1 amide bonds. The molecule has 2 rings (SSSR count). The first-order valence-corrected chi connectivity index (χ1v) is 5.29. The lowest BCUT2D eigenvalue weighted by Crippen LogP contribution is -2.13. The molecule has 0 saturated heterocycles. The molecule has 4 nitrogen and oxygen atoms in total. The minimum atomic E-state index is -0.621. The summed E-state index contributed by atoms with van der Waals surface area (Å²) in [5.74, 6) is -1.00. The van der Waals surface area contributed by atoms with Gasteiger partial charge in [0.25, 0.3) is 5.91 Å². The van der Waals surface area contributed by atoms with Crippen LogP contribution in [0.2, 0.25) is 0 Å². The lowest BCUT2D eigenvalue weighted by molar-refractivity contribution is 0.100. The van der Waals surface area contributed by atoms with Gasteiger partial charge in [-0.15, -0.1) is 0 Å². The summed E-state index contributed by atoms with van der Waals surface area (Å²) in [6, 6.07) is 10.9. The quantitative estimate of drug-likeness (QED) is 0.725. The number of anilines is 3. The van der Waals surface area contributed by atoms with Crippen molar-refractivity contribution in [2.75, 3.05) is 11.1 Å². The van der Waals surface area contributed by atoms with Crippen molar-refractivity contribution in [1.29, 1.82) is 0 Å². The molecule has 5 N–H and O–H groups in total. The third kappa shape index (κ3) is 2.40. The third-order valence-corrected chi connectivity index (χ3v) is 2.47. The van der Waals surface area contributed by atoms with Gasteiger partial charge in [-0.05, 0) is 30.3 Å². The number of carbonyl (C=O) groups is 1. The second-order valence-electron chi connectivity index (χ2n) is 3.77. The van der Waals surface area contributed by atoms with Crippen molar-refractivity contribution in [2.24, 2.45) is 5.73 Å². The molecular weight excluding hydrogens is 233 g/mol. The molecule has 92 valence electrons. The number of nitrogens with one attached hydrogen (secondary N) is 1. The molecule has 0 heterocycles. The molecule has 0 aliphatic carbocycles. The first-order valence-electron chi connectivity index (χ1n) is 5.29. The molecule has 5 heteroatoms. The fraction of sp³-hybridized carbons (Fsp3) is 0. The minimum Gasteiger partial charge on any atom is -0.398 e. The molecule has 18 heavy (non-hydrogen) atoms. The number of para-hydroxylation sites is 1. The van der Waals surface area contributed by atoms with Crippen molar-refractivity contribution in [2.45, 2.75) is 0 Å². The SMILES string of the molecule is NC(=O)c1cc(Nc2ccccc2F)ccc1N. The van der Waals surface area contributed by atoms with Crippen LogP contribution in [0.15, 0.2) is 42.5 Å². The Bertz CT molecular complexity index is 599. The van der Waals surface area contributed by atoms with Crippen molar-refractivity contribution in [3.63, 3.8) is 0 Å². The van der Waals surface area contributed by atoms with Gasteiger partial charge in [0, 0.05) is 11.4 Å². The van der Waals surface area contributed by atoms with E-state index in [4.69, 9.17) is 11.5 Å². The zero-order chi connectivity index (χ0) is 13.1. The first kappa shape index (κ1) is 11.9. The molecule has 2 aromatic carbocycles. The van der Waals surface area contributed by atoms with E-state index in [9.17, 15) is 9.18 Å². The molecule has 0 fully saturated rings. The Balaban J connectivity index is 2.33. The second kappa shape index (κ2) is 4.75. The van der Waals surface area contributed by atoms with E-state index in [-0.39, 0.29) is 11.4 Å². The average Bonchev–Trinajstić information content (AvgIpc) is 2.34. The zero-order valence-corrected chi connectivity index (χ0v) is 9.48. The van der Waals surface area contributed by atoms with Crippen molar-refractivity contribution in [3.05, 3.63) is 53.8 Å². The number of carbonyl (C=O) groups excluding carboxylic acids is 1. The van der Waals surface area contributed by atoms with E-state index in [2.05, 4.69) is 5.32 Å². The molecule has 0 radical (unpaired) electrons. The molecular formula is C13H12FN3O. The molecule has 0 bridgehead atoms. The lowest BCUT2D eigenvalue weighted by Gasteiger charge is -2.09. The number of hydrogen-bond acceptors (Lipinski definition) is 3. The zero-order valence-electron chi connectivity index (χ0n) is 9.48. The third-order valence-electron chi connectivity index (χ3n) is 2.47. The molecule has 2 aromatic rings. The maximum absolute atomic E-state index is 13.4. The van der Waals surface area contributed by atoms with Crippen molar-refractivity contribution >= 4 is 23.0 Å². The molecule has 0 aliphatic rings. The number of amides is 1. The Labute approximate surface area is 103 Å². The van der Waals surface area contributed by atoms with E-state index in [0.29, 0.717) is 17.1 Å². The van der Waals surface area contributed by atoms with Gasteiger partial charge >= 0.3 is 0 Å². The number of halogens is 1. The summed E-state index contributed by atoms with van der Waals surface area (Å²) >= 11 is 0. The Morgan fingerprint density at radius 2 is 1.89 bits per heavy atom. The minimum absolute atomic E-state index is 0.205. The van der Waals surface area contributed by atoms with Crippen LogP contribution in [0.3, 0.4) is 0 Å². The van der Waals surface area contributed by atoms with Crippen LogP contribution in [0.5, 0.6) is 0 Å². The van der Waals surface area contributed by atoms with Crippen LogP contribution in [0.1, 0.15) is 10.4 Å². The summed E-state index contributed by atoms with van der Waals surface area (Å²) in [7, 11) is 0. The molecule has 0 spiro atoms. The smallest absolute Gasteiger partial charge is 0.250 e. The van der Waals surface area contributed by atoms with Crippen LogP contribution in [0.25, 0.3) is 0 Å². The number of hydrogen-bond donors (Lipinski definition) is 3. The molecule has 0 atom stereocenters. The van der Waals surface area contributed by atoms with Gasteiger partial charge < -0.3 is 16.8 Å². The average molecular weight is 245 g/mol. The summed E-state index contributed by atoms with van der Waals surface area (Å²) in [6.45, 7) is 0. The van der Waals surface area contributed by atoms with E-state index in [0.717, 1.165) is 0 Å². The van der Waals surface area contributed by atoms with Crippen LogP contribution >= 0.6 is 0 Å². The van der Waals surface area contributed by atoms with E-state index in [1.54, 1.807) is 30.3 Å². The predicted octanol–water partition coefficient (Wildman–Crippen LogP) is 2.25. The highest BCUT2D eigenvalue weighted by Gasteiger charge is 2.07. The maximum Gasteiger partial charge on any atom is 0.250 e. The maximum atomic E-state index is 13.4. The highest BCUT2D eigenvalue weighted by molar-refractivity contribution is 5.99. The molecule has 0 unspecified atom stereocenters. The summed E-state index contributed by atoms with van der Waals surface area (Å²) in [6.07, 6.45) is 0. The fourth-order valence-electron chi connectivity index (χ4n) is 1.57. The number of nitrogens with two attached hydrogens (primary N) is 2. The Hall–Kier alpha value is -2.56. The summed E-state index contributed by atoms with van der Waals surface area (Å²) in [5, 5.41) is 2.86. The summed E-state index contributed by atoms with van der Waals surface area (Å²) in [4.78, 5) is 11.1. The Morgan fingerprint density at radius 1 is 1.17 bits per heavy atom. The van der Waals surface area contributed by atoms with E-state index in [1.165, 1.54) is 12.1 Å². The van der Waals surface area contributed by atoms with Crippen LogP contribution in [-0.4, -0.2) is 5.91 Å². The number of rotatable bonds is 3. The number of nitrogen functional groups attached to an aromatic ring is 1. The first-order chi connectivity index (χ1) is 8.58. The topological polar surface area (TPSA) is 81.1 Å². The van der Waals surface area contributed by atoms with Gasteiger partial charge in [-0.1, -0.05) is 12.1 Å². The van der Waals surface area contributed by atoms with E-state index >= 15 is 0 Å². The predicted molar refractivity (Wildman–Crippen MR) is 69.1 cm³/mol. The molecule has 0 aliphatic heterocycles. The molecule has 0 saturated carbocycles. The van der Waals surface area contributed by atoms with Gasteiger partial charge in [0.2, 0.25) is 0 Å². The summed E-state index contributed by atoms with van der Waals surface area (Å²) < 4.78 is 13.4. The van der Waals surface area contributed by atoms with E-state index < -0.39 is 5.91 Å². The highest BCUT2D eigenvalue weighted by Crippen LogP contribution is 2.22. The van der Waals surface area contributed by atoms with Gasteiger partial charge in [-0.25, -0.2) is 4.39 Å². The van der Waals surface area contributed by atoms with Gasteiger partial charge in [-0.2, -0.15) is 0 Å². The van der Waals surface area contributed by atoms with Gasteiger partial charge in [0.15, 0.2) is 0 Å². The summed E-state index contributed by atoms with van der Waals surface area (Å²) in [5.41, 5.74) is 12.2. The van der Waals surface area contributed by atoms with Crippen molar-refractivity contribution in [3.8, 4) is 0 Å².